The lowest BCUT2D eigenvalue weighted by Crippen LogP contribution is -2.44. The predicted molar refractivity (Wildman–Crippen MR) is 192 cm³/mol. The summed E-state index contributed by atoms with van der Waals surface area (Å²) in [6, 6.07) is 11.8. The van der Waals surface area contributed by atoms with Gasteiger partial charge in [0, 0.05) is 67.6 Å². The first-order valence-corrected chi connectivity index (χ1v) is 19.7. The molecule has 0 spiro atoms. The van der Waals surface area contributed by atoms with Gasteiger partial charge in [-0.3, -0.25) is 9.59 Å². The van der Waals surface area contributed by atoms with Crippen LogP contribution in [0.2, 0.25) is 0 Å². The largest absolute Gasteiger partial charge is 0.497 e. The zero-order chi connectivity index (χ0) is 34.9. The summed E-state index contributed by atoms with van der Waals surface area (Å²) in [5.74, 6) is 0.821. The van der Waals surface area contributed by atoms with Gasteiger partial charge < -0.3 is 19.9 Å². The van der Waals surface area contributed by atoms with Crippen molar-refractivity contribution < 1.29 is 22.7 Å². The summed E-state index contributed by atoms with van der Waals surface area (Å²) in [6.45, 7) is 1.75. The highest BCUT2D eigenvalue weighted by Crippen LogP contribution is 2.66. The lowest BCUT2D eigenvalue weighted by atomic mass is 9.81. The van der Waals surface area contributed by atoms with Crippen LogP contribution in [0.4, 0.5) is 5.13 Å². The predicted octanol–water partition coefficient (Wildman–Crippen LogP) is 5.23. The van der Waals surface area contributed by atoms with Crippen molar-refractivity contribution in [1.29, 1.82) is 0 Å². The van der Waals surface area contributed by atoms with E-state index in [4.69, 9.17) is 10.5 Å². The Morgan fingerprint density at radius 3 is 2.46 bits per heavy atom. The van der Waals surface area contributed by atoms with Gasteiger partial charge in [0.2, 0.25) is 11.0 Å². The van der Waals surface area contributed by atoms with Gasteiger partial charge in [0.15, 0.2) is 0 Å². The Kier molecular flexibility index (Phi) is 8.18. The fourth-order valence-corrected chi connectivity index (χ4v) is 10.1. The maximum atomic E-state index is 14.8. The fourth-order valence-electron chi connectivity index (χ4n) is 8.75. The second-order valence-corrected chi connectivity index (χ2v) is 17.5. The van der Waals surface area contributed by atoms with Gasteiger partial charge in [-0.2, -0.15) is 12.7 Å². The van der Waals surface area contributed by atoms with Crippen LogP contribution in [0, 0.1) is 5.41 Å². The van der Waals surface area contributed by atoms with E-state index >= 15 is 0 Å². The van der Waals surface area contributed by atoms with E-state index in [1.807, 2.05) is 23.1 Å². The second-order valence-electron chi connectivity index (χ2n) is 14.5. The van der Waals surface area contributed by atoms with E-state index in [0.717, 1.165) is 87.7 Å². The summed E-state index contributed by atoms with van der Waals surface area (Å²) in [4.78, 5) is 30.3. The highest BCUT2D eigenvalue weighted by molar-refractivity contribution is 7.87. The molecule has 2 aliphatic heterocycles. The number of hydrogen-bond acceptors (Lipinski definition) is 9. The van der Waals surface area contributed by atoms with Crippen molar-refractivity contribution in [2.24, 2.45) is 5.41 Å². The van der Waals surface area contributed by atoms with Crippen LogP contribution in [0.25, 0.3) is 22.2 Å². The minimum absolute atomic E-state index is 0.0201. The lowest BCUT2D eigenvalue weighted by Gasteiger charge is -2.34. The van der Waals surface area contributed by atoms with E-state index in [1.54, 1.807) is 13.2 Å². The van der Waals surface area contributed by atoms with Crippen molar-refractivity contribution in [3.63, 3.8) is 0 Å². The molecule has 2 amide bonds. The molecule has 8 rings (SSSR count). The minimum Gasteiger partial charge on any atom is -0.497 e. The van der Waals surface area contributed by atoms with Crippen molar-refractivity contribution in [1.82, 2.24) is 28.7 Å². The van der Waals surface area contributed by atoms with Crippen molar-refractivity contribution in [2.45, 2.75) is 75.7 Å². The molecule has 2 aromatic carbocycles. The number of benzene rings is 2. The molecule has 4 aliphatic rings. The fraction of sp³-hybridized carbons (Fsp3) is 0.500. The number of carbonyl (C=O) groups excluding carboxylic acids is 2. The topological polar surface area (TPSA) is 153 Å². The number of ether oxygens (including phenoxy) is 1. The maximum absolute atomic E-state index is 14.8. The van der Waals surface area contributed by atoms with Gasteiger partial charge in [0.05, 0.1) is 18.2 Å². The Labute approximate surface area is 296 Å². The Hall–Kier alpha value is -4.01. The highest BCUT2D eigenvalue weighted by atomic mass is 32.2. The van der Waals surface area contributed by atoms with Gasteiger partial charge >= 0.3 is 10.2 Å². The molecule has 2 unspecified atom stereocenters. The number of nitrogen functional groups attached to an aromatic ring is 1. The van der Waals surface area contributed by atoms with Crippen LogP contribution in [0.1, 0.15) is 95.6 Å². The van der Waals surface area contributed by atoms with Gasteiger partial charge in [0.25, 0.3) is 5.91 Å². The van der Waals surface area contributed by atoms with Crippen molar-refractivity contribution in [2.75, 3.05) is 40.0 Å². The molecule has 2 aromatic heterocycles. The molecule has 14 heteroatoms. The van der Waals surface area contributed by atoms with Crippen molar-refractivity contribution >= 4 is 49.4 Å². The Morgan fingerprint density at radius 1 is 1.02 bits per heavy atom. The van der Waals surface area contributed by atoms with Crippen LogP contribution in [-0.2, 0) is 21.5 Å². The molecule has 12 nitrogen and oxygen atoms in total. The summed E-state index contributed by atoms with van der Waals surface area (Å²) in [5.41, 5.74) is 10.9. The summed E-state index contributed by atoms with van der Waals surface area (Å²) < 4.78 is 36.4. The molecule has 3 N–H and O–H groups in total. The van der Waals surface area contributed by atoms with E-state index in [1.165, 1.54) is 37.4 Å². The monoisotopic (exact) mass is 717 g/mol. The van der Waals surface area contributed by atoms with Crippen molar-refractivity contribution in [3.8, 4) is 17.0 Å². The molecule has 0 radical (unpaired) electrons. The quantitative estimate of drug-likeness (QED) is 0.264. The molecule has 1 saturated heterocycles. The van der Waals surface area contributed by atoms with Crippen LogP contribution < -0.4 is 15.2 Å². The number of nitrogens with zero attached hydrogens (tertiary/aromatic N) is 5. The first-order chi connectivity index (χ1) is 24.0. The van der Waals surface area contributed by atoms with Crippen LogP contribution in [0.3, 0.4) is 0 Å². The maximum Gasteiger partial charge on any atom is 0.303 e. The Morgan fingerprint density at radius 2 is 1.78 bits per heavy atom. The lowest BCUT2D eigenvalue weighted by molar-refractivity contribution is -0.138. The molecule has 4 aromatic rings. The average Bonchev–Trinajstić information content (AvgIpc) is 3.58. The number of nitrogens with one attached hydrogen (secondary N) is 1. The number of amides is 2. The third-order valence-corrected chi connectivity index (χ3v) is 13.8. The summed E-state index contributed by atoms with van der Waals surface area (Å²) in [6.07, 6.45) is 8.00. The number of anilines is 1. The SMILES string of the molecule is COc1ccc2c(c1)C1CC1(C(=O)N1CCC(c3nnc(N)s3)CC1)Cn1c-2c(C2CCCCC2)c2ccc(C(=O)NS(=O)(=O)N(C)C)cc21. The number of hydrogen-bond donors (Lipinski definition) is 2. The summed E-state index contributed by atoms with van der Waals surface area (Å²) >= 11 is 1.43. The zero-order valence-corrected chi connectivity index (χ0v) is 30.3. The first kappa shape index (κ1) is 33.2. The van der Waals surface area contributed by atoms with Crippen LogP contribution in [0.15, 0.2) is 36.4 Å². The van der Waals surface area contributed by atoms with E-state index < -0.39 is 21.5 Å². The average molecular weight is 718 g/mol. The van der Waals surface area contributed by atoms with Gasteiger partial charge in [0.1, 0.15) is 10.8 Å². The number of methoxy groups -OCH3 is 1. The first-order valence-electron chi connectivity index (χ1n) is 17.5. The van der Waals surface area contributed by atoms with Gasteiger partial charge in [-0.1, -0.05) is 36.7 Å². The molecule has 2 saturated carbocycles. The zero-order valence-electron chi connectivity index (χ0n) is 28.6. The van der Waals surface area contributed by atoms with Gasteiger partial charge in [-0.05, 0) is 79.5 Å². The number of piperidine rings is 1. The van der Waals surface area contributed by atoms with Gasteiger partial charge in [-0.25, -0.2) is 4.72 Å². The Bertz CT molecular complexity index is 2110. The van der Waals surface area contributed by atoms with E-state index in [2.05, 4.69) is 31.6 Å². The third-order valence-electron chi connectivity index (χ3n) is 11.5. The molecular formula is C36H43N7O5S2. The van der Waals surface area contributed by atoms with Gasteiger partial charge in [-0.15, -0.1) is 10.2 Å². The molecule has 50 heavy (non-hydrogen) atoms. The molecule has 3 fully saturated rings. The smallest absolute Gasteiger partial charge is 0.303 e. The molecule has 264 valence electrons. The van der Waals surface area contributed by atoms with E-state index in [-0.39, 0.29) is 23.3 Å². The third kappa shape index (κ3) is 5.46. The van der Waals surface area contributed by atoms with E-state index in [0.29, 0.717) is 30.7 Å². The normalized spacial score (nSPS) is 22.5. The number of carbonyl (C=O) groups is 2. The van der Waals surface area contributed by atoms with Crippen molar-refractivity contribution in [3.05, 3.63) is 58.1 Å². The number of likely N-dealkylation sites (tertiary alicyclic amines) is 1. The Balaban J connectivity index is 1.24. The van der Waals surface area contributed by atoms with E-state index in [9.17, 15) is 18.0 Å². The molecule has 2 aliphatic carbocycles. The van der Waals surface area contributed by atoms with Crippen LogP contribution >= 0.6 is 11.3 Å². The number of fused-ring (bicyclic) bond motifs is 7. The number of rotatable bonds is 7. The molecular weight excluding hydrogens is 675 g/mol. The number of nitrogens with two attached hydrogens (primary N) is 1. The number of aromatic nitrogens is 3. The van der Waals surface area contributed by atoms with Crippen LogP contribution in [0.5, 0.6) is 5.75 Å². The molecule has 4 heterocycles. The minimum atomic E-state index is -3.98. The summed E-state index contributed by atoms with van der Waals surface area (Å²) in [7, 11) is 0.450. The van der Waals surface area contributed by atoms with Crippen LogP contribution in [-0.4, -0.2) is 78.5 Å². The second kappa shape index (κ2) is 12.3. The summed E-state index contributed by atoms with van der Waals surface area (Å²) in [5, 5.41) is 10.7. The highest BCUT2D eigenvalue weighted by Gasteiger charge is 2.64. The molecule has 2 atom stereocenters. The standard InChI is InChI=1S/C36H43N7O5S2/c1-41(2)50(46,47)40-32(44)23-9-11-26-29(17-23)43-20-36(34(45)42-15-13-22(14-16-42)33-38-39-35(37)49-33)19-28(36)27-18-24(48-3)10-12-25(27)31(43)30(26)21-7-5-4-6-8-21/h9-12,17-18,21-22,28H,4-8,13-16,19-20H2,1-3H3,(H2,37,39)(H,40,44). The molecule has 0 bridgehead atoms.